The summed E-state index contributed by atoms with van der Waals surface area (Å²) in [4.78, 5) is 2.58. The van der Waals surface area contributed by atoms with Gasteiger partial charge < -0.3 is 10.1 Å². The van der Waals surface area contributed by atoms with Gasteiger partial charge in [0.25, 0.3) is 0 Å². The van der Waals surface area contributed by atoms with Gasteiger partial charge in [-0.1, -0.05) is 23.2 Å². The van der Waals surface area contributed by atoms with Gasteiger partial charge in [-0.2, -0.15) is 0 Å². The first-order valence-electron chi connectivity index (χ1n) is 5.90. The smallest absolute Gasteiger partial charge is 0.122 e. The minimum Gasteiger partial charge on any atom is -0.489 e. The molecule has 0 aliphatic heterocycles. The van der Waals surface area contributed by atoms with Crippen molar-refractivity contribution >= 4 is 34.5 Å². The van der Waals surface area contributed by atoms with Crippen LogP contribution in [0.5, 0.6) is 5.75 Å². The van der Waals surface area contributed by atoms with Crippen LogP contribution < -0.4 is 10.1 Å². The summed E-state index contributed by atoms with van der Waals surface area (Å²) in [5, 5.41) is 4.32. The van der Waals surface area contributed by atoms with E-state index in [1.807, 2.05) is 7.05 Å². The number of aryl methyl sites for hydroxylation is 1. The molecule has 102 valence electrons. The lowest BCUT2D eigenvalue weighted by molar-refractivity contribution is 0.306. The van der Waals surface area contributed by atoms with Crippen LogP contribution in [0.4, 0.5) is 0 Å². The van der Waals surface area contributed by atoms with Crippen LogP contribution in [0, 0.1) is 6.92 Å². The maximum absolute atomic E-state index is 5.94. The van der Waals surface area contributed by atoms with Crippen molar-refractivity contribution in [3.05, 3.63) is 49.6 Å². The molecule has 0 fully saturated rings. The molecule has 1 N–H and O–H groups in total. The van der Waals surface area contributed by atoms with E-state index >= 15 is 0 Å². The van der Waals surface area contributed by atoms with Gasteiger partial charge in [-0.3, -0.25) is 0 Å². The monoisotopic (exact) mass is 315 g/mol. The van der Waals surface area contributed by atoms with Gasteiger partial charge in [0, 0.05) is 31.9 Å². The van der Waals surface area contributed by atoms with E-state index in [2.05, 4.69) is 18.3 Å². The normalized spacial score (nSPS) is 10.7. The number of benzene rings is 1. The van der Waals surface area contributed by atoms with Crippen LogP contribution >= 0.6 is 34.5 Å². The van der Waals surface area contributed by atoms with E-state index in [1.165, 1.54) is 15.3 Å². The molecule has 0 aliphatic carbocycles. The number of rotatable bonds is 5. The Balaban J connectivity index is 2.05. The second kappa shape index (κ2) is 6.62. The first-order valence-corrected chi connectivity index (χ1v) is 7.47. The summed E-state index contributed by atoms with van der Waals surface area (Å²) in [6.45, 7) is 3.52. The van der Waals surface area contributed by atoms with Crippen LogP contribution in [0.3, 0.4) is 0 Å². The Morgan fingerprint density at radius 1 is 1.16 bits per heavy atom. The zero-order valence-corrected chi connectivity index (χ0v) is 13.1. The molecule has 0 saturated heterocycles. The van der Waals surface area contributed by atoms with Crippen molar-refractivity contribution in [2.24, 2.45) is 0 Å². The average molecular weight is 316 g/mol. The van der Waals surface area contributed by atoms with Gasteiger partial charge >= 0.3 is 0 Å². The van der Waals surface area contributed by atoms with E-state index in [0.29, 0.717) is 22.4 Å². The Kier molecular flexibility index (Phi) is 5.11. The Morgan fingerprint density at radius 2 is 1.84 bits per heavy atom. The Labute approximate surface area is 127 Å². The van der Waals surface area contributed by atoms with Crippen molar-refractivity contribution in [3.8, 4) is 5.75 Å². The van der Waals surface area contributed by atoms with Gasteiger partial charge in [0.05, 0.1) is 0 Å². The highest BCUT2D eigenvalue weighted by molar-refractivity contribution is 7.12. The molecule has 0 aliphatic rings. The van der Waals surface area contributed by atoms with E-state index < -0.39 is 0 Å². The highest BCUT2D eigenvalue weighted by Crippen LogP contribution is 2.27. The summed E-state index contributed by atoms with van der Waals surface area (Å²) in [5.41, 5.74) is 1.20. The van der Waals surface area contributed by atoms with E-state index in [4.69, 9.17) is 27.9 Å². The molecule has 0 bridgehead atoms. The van der Waals surface area contributed by atoms with Crippen molar-refractivity contribution in [1.82, 2.24) is 5.32 Å². The van der Waals surface area contributed by atoms with Crippen LogP contribution in [0.2, 0.25) is 10.0 Å². The largest absolute Gasteiger partial charge is 0.489 e. The van der Waals surface area contributed by atoms with E-state index in [-0.39, 0.29) is 0 Å². The maximum atomic E-state index is 5.94. The number of hydrogen-bond acceptors (Lipinski definition) is 3. The SMILES string of the molecule is CNCc1cc(COc2cc(Cl)cc(Cl)c2)c(C)s1. The first kappa shape index (κ1) is 14.7. The summed E-state index contributed by atoms with van der Waals surface area (Å²) >= 11 is 13.7. The minimum atomic E-state index is 0.530. The topological polar surface area (TPSA) is 21.3 Å². The predicted octanol–water partition coefficient (Wildman–Crippen LogP) is 4.66. The van der Waals surface area contributed by atoms with Gasteiger partial charge in [0.15, 0.2) is 0 Å². The molecule has 2 aromatic rings. The Hall–Kier alpha value is -0.740. The molecule has 0 amide bonds. The average Bonchev–Trinajstić information content (AvgIpc) is 2.66. The van der Waals surface area contributed by atoms with Gasteiger partial charge in [-0.15, -0.1) is 11.3 Å². The predicted molar refractivity (Wildman–Crippen MR) is 82.6 cm³/mol. The van der Waals surface area contributed by atoms with Crippen molar-refractivity contribution in [2.75, 3.05) is 7.05 Å². The van der Waals surface area contributed by atoms with E-state index in [0.717, 1.165) is 6.54 Å². The zero-order chi connectivity index (χ0) is 13.8. The maximum Gasteiger partial charge on any atom is 0.122 e. The molecule has 0 spiro atoms. The lowest BCUT2D eigenvalue weighted by Crippen LogP contribution is -2.02. The second-order valence-corrected chi connectivity index (χ2v) is 6.43. The van der Waals surface area contributed by atoms with Crippen molar-refractivity contribution in [1.29, 1.82) is 0 Å². The fourth-order valence-electron chi connectivity index (χ4n) is 1.77. The zero-order valence-electron chi connectivity index (χ0n) is 10.8. The fraction of sp³-hybridized carbons (Fsp3) is 0.286. The first-order chi connectivity index (χ1) is 9.08. The summed E-state index contributed by atoms with van der Waals surface area (Å²) in [6, 6.07) is 7.40. The number of halogens is 2. The highest BCUT2D eigenvalue weighted by Gasteiger charge is 2.06. The second-order valence-electron chi connectivity index (χ2n) is 4.22. The summed E-state index contributed by atoms with van der Waals surface area (Å²) < 4.78 is 5.74. The quantitative estimate of drug-likeness (QED) is 0.866. The molecule has 1 heterocycles. The lowest BCUT2D eigenvalue weighted by Gasteiger charge is -2.06. The van der Waals surface area contributed by atoms with Crippen LogP contribution in [0.15, 0.2) is 24.3 Å². The molecule has 0 unspecified atom stereocenters. The van der Waals surface area contributed by atoms with Crippen molar-refractivity contribution in [3.63, 3.8) is 0 Å². The third-order valence-corrected chi connectivity index (χ3v) is 4.18. The number of thiophene rings is 1. The van der Waals surface area contributed by atoms with Crippen molar-refractivity contribution < 1.29 is 4.74 Å². The molecule has 2 rings (SSSR count). The molecule has 0 atom stereocenters. The van der Waals surface area contributed by atoms with Gasteiger partial charge in [-0.25, -0.2) is 0 Å². The fourth-order valence-corrected chi connectivity index (χ4v) is 3.33. The molecule has 2 nitrogen and oxygen atoms in total. The standard InChI is InChI=1S/C14H15Cl2NOS/c1-9-10(3-14(19-9)7-17-2)8-18-13-5-11(15)4-12(16)6-13/h3-6,17H,7-8H2,1-2H3. The molecule has 5 heteroatoms. The number of nitrogens with one attached hydrogen (secondary N) is 1. The number of ether oxygens (including phenoxy) is 1. The molecular weight excluding hydrogens is 301 g/mol. The van der Waals surface area contributed by atoms with E-state index in [1.54, 1.807) is 29.5 Å². The summed E-state index contributed by atoms with van der Waals surface area (Å²) in [5.74, 6) is 0.693. The minimum absolute atomic E-state index is 0.530. The van der Waals surface area contributed by atoms with Gasteiger partial charge in [0.1, 0.15) is 12.4 Å². The lowest BCUT2D eigenvalue weighted by atomic mass is 10.2. The number of hydrogen-bond donors (Lipinski definition) is 1. The van der Waals surface area contributed by atoms with Crippen LogP contribution in [-0.2, 0) is 13.2 Å². The molecule has 19 heavy (non-hydrogen) atoms. The Morgan fingerprint density at radius 3 is 2.47 bits per heavy atom. The highest BCUT2D eigenvalue weighted by atomic mass is 35.5. The van der Waals surface area contributed by atoms with Gasteiger partial charge in [-0.05, 0) is 38.2 Å². The summed E-state index contributed by atoms with van der Waals surface area (Å²) in [7, 11) is 1.94. The van der Waals surface area contributed by atoms with Crippen molar-refractivity contribution in [2.45, 2.75) is 20.1 Å². The van der Waals surface area contributed by atoms with Crippen LogP contribution in [-0.4, -0.2) is 7.05 Å². The van der Waals surface area contributed by atoms with Gasteiger partial charge in [0.2, 0.25) is 0 Å². The van der Waals surface area contributed by atoms with E-state index in [9.17, 15) is 0 Å². The summed E-state index contributed by atoms with van der Waals surface area (Å²) in [6.07, 6.45) is 0. The molecule has 0 radical (unpaired) electrons. The molecule has 1 aromatic heterocycles. The molecule has 1 aromatic carbocycles. The van der Waals surface area contributed by atoms with Crippen LogP contribution in [0.1, 0.15) is 15.3 Å². The third kappa shape index (κ3) is 4.11. The molecule has 0 saturated carbocycles. The third-order valence-electron chi connectivity index (χ3n) is 2.65. The Bertz CT molecular complexity index is 548. The van der Waals surface area contributed by atoms with Crippen LogP contribution in [0.25, 0.3) is 0 Å². The molecular formula is C14H15Cl2NOS.